The van der Waals surface area contributed by atoms with Crippen LogP contribution in [0.25, 0.3) is 0 Å². The van der Waals surface area contributed by atoms with Crippen LogP contribution in [0.4, 0.5) is 4.39 Å². The fourth-order valence-corrected chi connectivity index (χ4v) is 7.57. The molecule has 2 fully saturated rings. The van der Waals surface area contributed by atoms with Crippen molar-refractivity contribution < 1.29 is 37.9 Å². The standard InChI is InChI=1S/C45H46ClFO7/c1-4-49-39-23-20-34(25-38(39)47)24-35-26-36(21-22-37(35)46)45-42(52-29-33-18-12-7-13-19-33)40(50-27-31-14-8-5-9-15-31)41(51-28-32-16-10-6-11-17-32)44(54-45,30-53-45)43(2,3)48/h5-23,25-26,40-42,48H,4,24,27-30H2,1-3H3/t40-,41-,42+,44-,45-/m0/s1. The zero-order chi connectivity index (χ0) is 37.8. The van der Waals surface area contributed by atoms with Crippen molar-refractivity contribution in [3.05, 3.63) is 172 Å². The summed E-state index contributed by atoms with van der Waals surface area (Å²) in [6.07, 6.45) is -2.19. The first-order valence-electron chi connectivity index (χ1n) is 18.3. The minimum atomic E-state index is -1.56. The molecule has 0 saturated carbocycles. The van der Waals surface area contributed by atoms with Crippen LogP contribution in [-0.2, 0) is 55.7 Å². The summed E-state index contributed by atoms with van der Waals surface area (Å²) in [6, 6.07) is 40.1. The average Bonchev–Trinajstić information content (AvgIpc) is 3.55. The molecular formula is C45H46ClFO7. The van der Waals surface area contributed by atoms with Gasteiger partial charge in [-0.2, -0.15) is 0 Å². The van der Waals surface area contributed by atoms with E-state index in [1.165, 1.54) is 6.07 Å². The average molecular weight is 753 g/mol. The smallest absolute Gasteiger partial charge is 0.225 e. The Bertz CT molecular complexity index is 1990. The zero-order valence-electron chi connectivity index (χ0n) is 30.8. The summed E-state index contributed by atoms with van der Waals surface area (Å²) in [4.78, 5) is 0. The monoisotopic (exact) mass is 752 g/mol. The highest BCUT2D eigenvalue weighted by atomic mass is 35.5. The lowest BCUT2D eigenvalue weighted by atomic mass is 9.74. The molecule has 2 saturated heterocycles. The van der Waals surface area contributed by atoms with E-state index in [4.69, 9.17) is 40.0 Å². The Morgan fingerprint density at radius 2 is 1.31 bits per heavy atom. The Balaban J connectivity index is 1.33. The quantitative estimate of drug-likeness (QED) is 0.115. The summed E-state index contributed by atoms with van der Waals surface area (Å²) in [5.74, 6) is -1.81. The van der Waals surface area contributed by atoms with Gasteiger partial charge in [-0.15, -0.1) is 0 Å². The van der Waals surface area contributed by atoms with Crippen LogP contribution >= 0.6 is 11.6 Å². The van der Waals surface area contributed by atoms with Gasteiger partial charge in [0, 0.05) is 10.6 Å². The molecule has 7 nitrogen and oxygen atoms in total. The van der Waals surface area contributed by atoms with Crippen LogP contribution in [0.2, 0.25) is 5.02 Å². The molecule has 2 heterocycles. The predicted molar refractivity (Wildman–Crippen MR) is 205 cm³/mol. The van der Waals surface area contributed by atoms with E-state index in [9.17, 15) is 9.50 Å². The second-order valence-electron chi connectivity index (χ2n) is 14.4. The normalized spacial score (nSPS) is 23.7. The molecule has 5 aromatic carbocycles. The predicted octanol–water partition coefficient (Wildman–Crippen LogP) is 8.95. The van der Waals surface area contributed by atoms with Crippen molar-refractivity contribution in [3.8, 4) is 5.75 Å². The summed E-state index contributed by atoms with van der Waals surface area (Å²) >= 11 is 6.84. The van der Waals surface area contributed by atoms with Crippen LogP contribution in [0.3, 0.4) is 0 Å². The SMILES string of the molecule is CCOc1ccc(Cc2cc([C@]34OC[C@](C(C)(C)O)(O3)[C@@H](OCc3ccccc3)[C@H](OCc3ccccc3)[C@H]4OCc3ccccc3)ccc2Cl)cc1F. The van der Waals surface area contributed by atoms with E-state index >= 15 is 0 Å². The van der Waals surface area contributed by atoms with Crippen LogP contribution < -0.4 is 4.74 Å². The Hall–Kier alpha value is -4.12. The van der Waals surface area contributed by atoms with Gasteiger partial charge in [0.15, 0.2) is 17.2 Å². The zero-order valence-corrected chi connectivity index (χ0v) is 31.5. The fourth-order valence-electron chi connectivity index (χ4n) is 7.39. The third-order valence-electron chi connectivity index (χ3n) is 10.3. The number of fused-ring (bicyclic) bond motifs is 2. The highest BCUT2D eigenvalue weighted by molar-refractivity contribution is 6.31. The van der Waals surface area contributed by atoms with Crippen LogP contribution in [0.1, 0.15) is 54.2 Å². The van der Waals surface area contributed by atoms with Crippen LogP contribution in [0, 0.1) is 5.82 Å². The maximum atomic E-state index is 14.9. The fraction of sp³-hybridized carbons (Fsp3) is 0.333. The molecule has 1 N–H and O–H groups in total. The number of hydrogen-bond donors (Lipinski definition) is 1. The van der Waals surface area contributed by atoms with Gasteiger partial charge in [-0.1, -0.05) is 115 Å². The molecule has 282 valence electrons. The molecule has 0 aromatic heterocycles. The van der Waals surface area contributed by atoms with Gasteiger partial charge in [-0.05, 0) is 79.3 Å². The van der Waals surface area contributed by atoms with Gasteiger partial charge in [0.2, 0.25) is 5.79 Å². The number of aliphatic hydroxyl groups is 1. The molecule has 5 atom stereocenters. The van der Waals surface area contributed by atoms with Gasteiger partial charge >= 0.3 is 0 Å². The van der Waals surface area contributed by atoms with Crippen molar-refractivity contribution in [2.75, 3.05) is 13.2 Å². The molecule has 0 spiro atoms. The molecule has 2 aliphatic heterocycles. The molecule has 9 heteroatoms. The van der Waals surface area contributed by atoms with E-state index < -0.39 is 41.1 Å². The van der Waals surface area contributed by atoms with E-state index in [2.05, 4.69) is 0 Å². The Labute approximate surface area is 321 Å². The number of benzene rings is 5. The molecule has 0 aliphatic carbocycles. The van der Waals surface area contributed by atoms with Gasteiger partial charge in [-0.3, -0.25) is 0 Å². The molecule has 0 amide bonds. The number of ether oxygens (including phenoxy) is 6. The largest absolute Gasteiger partial charge is 0.491 e. The van der Waals surface area contributed by atoms with Crippen molar-refractivity contribution in [1.29, 1.82) is 0 Å². The van der Waals surface area contributed by atoms with E-state index in [-0.39, 0.29) is 32.2 Å². The lowest BCUT2D eigenvalue weighted by molar-refractivity contribution is -0.369. The molecule has 2 bridgehead atoms. The maximum Gasteiger partial charge on any atom is 0.225 e. The highest BCUT2D eigenvalue weighted by Crippen LogP contribution is 2.56. The Kier molecular flexibility index (Phi) is 11.5. The summed E-state index contributed by atoms with van der Waals surface area (Å²) in [7, 11) is 0. The topological polar surface area (TPSA) is 75.6 Å². The maximum absolute atomic E-state index is 14.9. The minimum absolute atomic E-state index is 0.0194. The summed E-state index contributed by atoms with van der Waals surface area (Å²) in [5, 5.41) is 12.6. The Morgan fingerprint density at radius 3 is 1.87 bits per heavy atom. The molecule has 54 heavy (non-hydrogen) atoms. The lowest BCUT2D eigenvalue weighted by Crippen LogP contribution is -2.72. The van der Waals surface area contributed by atoms with Crippen molar-refractivity contribution in [1.82, 2.24) is 0 Å². The molecular weight excluding hydrogens is 707 g/mol. The van der Waals surface area contributed by atoms with E-state index in [1.54, 1.807) is 26.0 Å². The molecule has 0 unspecified atom stereocenters. The number of hydrogen-bond acceptors (Lipinski definition) is 7. The van der Waals surface area contributed by atoms with Crippen LogP contribution in [-0.4, -0.2) is 47.8 Å². The summed E-state index contributed by atoms with van der Waals surface area (Å²) in [6.45, 7) is 6.27. The molecule has 2 aliphatic rings. The van der Waals surface area contributed by atoms with E-state index in [0.717, 1.165) is 22.3 Å². The van der Waals surface area contributed by atoms with Crippen molar-refractivity contribution in [2.45, 2.75) is 82.3 Å². The van der Waals surface area contributed by atoms with Gasteiger partial charge < -0.3 is 33.5 Å². The lowest BCUT2D eigenvalue weighted by Gasteiger charge is -2.54. The minimum Gasteiger partial charge on any atom is -0.491 e. The molecule has 0 radical (unpaired) electrons. The second-order valence-corrected chi connectivity index (χ2v) is 14.8. The highest BCUT2D eigenvalue weighted by Gasteiger charge is 2.73. The first kappa shape index (κ1) is 38.2. The first-order chi connectivity index (χ1) is 26.1. The van der Waals surface area contributed by atoms with Crippen LogP contribution in [0.15, 0.2) is 127 Å². The summed E-state index contributed by atoms with van der Waals surface area (Å²) < 4.78 is 55.1. The van der Waals surface area contributed by atoms with Crippen molar-refractivity contribution in [3.63, 3.8) is 0 Å². The Morgan fingerprint density at radius 1 is 0.741 bits per heavy atom. The van der Waals surface area contributed by atoms with Crippen molar-refractivity contribution >= 4 is 11.6 Å². The van der Waals surface area contributed by atoms with Gasteiger partial charge in [0.25, 0.3) is 0 Å². The summed E-state index contributed by atoms with van der Waals surface area (Å²) in [5.41, 5.74) is 2.06. The van der Waals surface area contributed by atoms with Crippen LogP contribution in [0.5, 0.6) is 5.75 Å². The van der Waals surface area contributed by atoms with E-state index in [1.807, 2.05) is 116 Å². The van der Waals surface area contributed by atoms with Crippen molar-refractivity contribution in [2.24, 2.45) is 0 Å². The molecule has 7 rings (SSSR count). The van der Waals surface area contributed by atoms with Gasteiger partial charge in [-0.25, -0.2) is 4.39 Å². The second kappa shape index (κ2) is 16.3. The van der Waals surface area contributed by atoms with Gasteiger partial charge in [0.1, 0.15) is 18.3 Å². The van der Waals surface area contributed by atoms with Gasteiger partial charge in [0.05, 0.1) is 38.6 Å². The number of rotatable bonds is 15. The third kappa shape index (κ3) is 7.84. The first-order valence-corrected chi connectivity index (χ1v) is 18.7. The number of halogens is 2. The third-order valence-corrected chi connectivity index (χ3v) is 10.6. The molecule has 5 aromatic rings. The van der Waals surface area contributed by atoms with E-state index in [0.29, 0.717) is 29.2 Å².